The van der Waals surface area contributed by atoms with E-state index in [1.54, 1.807) is 0 Å². The van der Waals surface area contributed by atoms with Crippen molar-refractivity contribution in [3.8, 4) is 0 Å². The molecule has 0 aliphatic heterocycles. The van der Waals surface area contributed by atoms with Gasteiger partial charge >= 0.3 is 0 Å². The number of nitrogens with one attached hydrogen (secondary N) is 1. The highest BCUT2D eigenvalue weighted by Gasteiger charge is 2.06. The number of carbonyl (C=O) groups excluding carboxylic acids is 1. The van der Waals surface area contributed by atoms with E-state index in [4.69, 9.17) is 11.6 Å². The summed E-state index contributed by atoms with van der Waals surface area (Å²) in [6, 6.07) is 7.78. The van der Waals surface area contributed by atoms with Crippen molar-refractivity contribution in [3.63, 3.8) is 0 Å². The number of thioether (sulfide) groups is 1. The number of rotatable bonds is 4. The van der Waals surface area contributed by atoms with Crippen molar-refractivity contribution in [3.05, 3.63) is 29.8 Å². The number of benzene rings is 1. The molecule has 0 aliphatic carbocycles. The average molecular weight is 266 g/mol. The molecule has 0 aliphatic rings. The fraction of sp³-hybridized carbons (Fsp3) is 0.333. The van der Waals surface area contributed by atoms with Crippen molar-refractivity contribution in [2.45, 2.75) is 19.8 Å². The molecule has 0 heterocycles. The summed E-state index contributed by atoms with van der Waals surface area (Å²) in [5, 5.41) is 6.28. The Hall–Kier alpha value is -1.69. The van der Waals surface area contributed by atoms with Crippen molar-refractivity contribution in [1.29, 1.82) is 0 Å². The molecule has 98 valence electrons. The van der Waals surface area contributed by atoms with Crippen LogP contribution in [-0.2, 0) is 4.79 Å². The van der Waals surface area contributed by atoms with E-state index in [-0.39, 0.29) is 16.8 Å². The normalized spacial score (nSPS) is 11.6. The van der Waals surface area contributed by atoms with Gasteiger partial charge in [0.15, 0.2) is 5.17 Å². The Morgan fingerprint density at radius 3 is 2.83 bits per heavy atom. The molecular formula is C12H18N4OS. The smallest absolute Gasteiger partial charge is 0.234 e. The van der Waals surface area contributed by atoms with Crippen LogP contribution in [0.5, 0.6) is 0 Å². The number of nitrogens with zero attached hydrogens (tertiary/aromatic N) is 1. The molecule has 0 atom stereocenters. The maximum absolute atomic E-state index is 11.6. The van der Waals surface area contributed by atoms with Gasteiger partial charge in [-0.05, 0) is 23.6 Å². The molecule has 0 aromatic heterocycles. The van der Waals surface area contributed by atoms with Crippen LogP contribution in [0.25, 0.3) is 0 Å². The first-order chi connectivity index (χ1) is 8.52. The summed E-state index contributed by atoms with van der Waals surface area (Å²) in [5.41, 5.74) is 7.36. The van der Waals surface area contributed by atoms with E-state index < -0.39 is 0 Å². The van der Waals surface area contributed by atoms with Crippen LogP contribution in [0.1, 0.15) is 25.3 Å². The Labute approximate surface area is 111 Å². The molecule has 0 radical (unpaired) electrons. The molecule has 0 bridgehead atoms. The molecule has 5 N–H and O–H groups in total. The van der Waals surface area contributed by atoms with Gasteiger partial charge in [-0.25, -0.2) is 0 Å². The largest absolute Gasteiger partial charge is 0.377 e. The molecule has 0 spiro atoms. The highest BCUT2D eigenvalue weighted by molar-refractivity contribution is 8.14. The van der Waals surface area contributed by atoms with Gasteiger partial charge in [0, 0.05) is 5.69 Å². The quantitative estimate of drug-likeness (QED) is 0.334. The van der Waals surface area contributed by atoms with Crippen LogP contribution >= 0.6 is 11.8 Å². The lowest BCUT2D eigenvalue weighted by molar-refractivity contribution is -0.113. The number of hydrogen-bond acceptors (Lipinski definition) is 4. The third-order valence-electron chi connectivity index (χ3n) is 2.32. The molecule has 0 unspecified atom stereocenters. The molecule has 1 rings (SSSR count). The van der Waals surface area contributed by atoms with Crippen LogP contribution < -0.4 is 16.9 Å². The summed E-state index contributed by atoms with van der Waals surface area (Å²) >= 11 is 1.10. The zero-order chi connectivity index (χ0) is 13.5. The van der Waals surface area contributed by atoms with E-state index in [1.165, 1.54) is 5.56 Å². The van der Waals surface area contributed by atoms with Crippen LogP contribution in [0.3, 0.4) is 0 Å². The van der Waals surface area contributed by atoms with Gasteiger partial charge in [0.2, 0.25) is 5.91 Å². The second kappa shape index (κ2) is 6.90. The second-order valence-electron chi connectivity index (χ2n) is 4.08. The molecule has 5 nitrogen and oxygen atoms in total. The van der Waals surface area contributed by atoms with E-state index >= 15 is 0 Å². The fourth-order valence-corrected chi connectivity index (χ4v) is 1.78. The van der Waals surface area contributed by atoms with Crippen molar-refractivity contribution in [1.82, 2.24) is 0 Å². The standard InChI is InChI=1S/C12H18N4OS/c1-8(2)9-4-3-5-10(6-9)15-11(17)7-18-12(13)16-14/h3-6,8H,7,14H2,1-2H3,(H2,13,16)(H,15,17). The summed E-state index contributed by atoms with van der Waals surface area (Å²) in [6.07, 6.45) is 0. The predicted molar refractivity (Wildman–Crippen MR) is 77.4 cm³/mol. The Morgan fingerprint density at radius 1 is 1.50 bits per heavy atom. The van der Waals surface area contributed by atoms with Gasteiger partial charge in [-0.15, -0.1) is 0 Å². The van der Waals surface area contributed by atoms with Gasteiger partial charge in [-0.3, -0.25) is 4.79 Å². The highest BCUT2D eigenvalue weighted by Crippen LogP contribution is 2.18. The lowest BCUT2D eigenvalue weighted by atomic mass is 10.0. The van der Waals surface area contributed by atoms with E-state index in [1.807, 2.05) is 24.3 Å². The molecule has 6 heteroatoms. The Balaban J connectivity index is 2.56. The van der Waals surface area contributed by atoms with E-state index in [0.29, 0.717) is 5.92 Å². The van der Waals surface area contributed by atoms with Crippen LogP contribution in [0, 0.1) is 0 Å². The molecule has 0 fully saturated rings. The van der Waals surface area contributed by atoms with Crippen molar-refractivity contribution in [2.75, 3.05) is 11.1 Å². The van der Waals surface area contributed by atoms with Crippen LogP contribution in [0.2, 0.25) is 0 Å². The number of carbonyl (C=O) groups is 1. The number of nitrogens with two attached hydrogens (primary N) is 2. The fourth-order valence-electron chi connectivity index (χ4n) is 1.35. The minimum atomic E-state index is -0.132. The predicted octanol–water partition coefficient (Wildman–Crippen LogP) is 1.67. The maximum atomic E-state index is 11.6. The van der Waals surface area contributed by atoms with Gasteiger partial charge < -0.3 is 16.9 Å². The summed E-state index contributed by atoms with van der Waals surface area (Å²) in [4.78, 5) is 11.6. The number of hydrazone groups is 1. The van der Waals surface area contributed by atoms with Crippen molar-refractivity contribution in [2.24, 2.45) is 16.7 Å². The van der Waals surface area contributed by atoms with Crippen LogP contribution in [-0.4, -0.2) is 16.8 Å². The average Bonchev–Trinajstić information content (AvgIpc) is 2.36. The van der Waals surface area contributed by atoms with E-state index in [2.05, 4.69) is 24.3 Å². The monoisotopic (exact) mass is 266 g/mol. The first kappa shape index (κ1) is 14.4. The maximum Gasteiger partial charge on any atom is 0.234 e. The highest BCUT2D eigenvalue weighted by atomic mass is 32.2. The molecule has 1 aromatic carbocycles. The molecule has 1 aromatic rings. The Morgan fingerprint density at radius 2 is 2.22 bits per heavy atom. The van der Waals surface area contributed by atoms with Crippen molar-refractivity contribution >= 4 is 28.5 Å². The van der Waals surface area contributed by atoms with Gasteiger partial charge in [0.25, 0.3) is 0 Å². The summed E-state index contributed by atoms with van der Waals surface area (Å²) in [7, 11) is 0. The summed E-state index contributed by atoms with van der Waals surface area (Å²) in [5.74, 6) is 5.46. The second-order valence-corrected chi connectivity index (χ2v) is 5.08. The zero-order valence-corrected chi connectivity index (χ0v) is 11.3. The van der Waals surface area contributed by atoms with Gasteiger partial charge in [-0.2, -0.15) is 5.10 Å². The minimum Gasteiger partial charge on any atom is -0.377 e. The molecule has 0 saturated heterocycles. The summed E-state index contributed by atoms with van der Waals surface area (Å²) < 4.78 is 0. The lowest BCUT2D eigenvalue weighted by Gasteiger charge is -2.09. The topological polar surface area (TPSA) is 93.5 Å². The molecule has 1 amide bonds. The molecular weight excluding hydrogens is 248 g/mol. The SMILES string of the molecule is CC(C)c1cccc(NC(=O)CSC(N)=NN)c1. The number of amidine groups is 1. The van der Waals surface area contributed by atoms with Crippen LogP contribution in [0.15, 0.2) is 29.4 Å². The number of anilines is 1. The molecule has 18 heavy (non-hydrogen) atoms. The number of amides is 1. The van der Waals surface area contributed by atoms with Gasteiger partial charge in [-0.1, -0.05) is 37.7 Å². The first-order valence-electron chi connectivity index (χ1n) is 5.59. The Bertz CT molecular complexity index is 445. The molecule has 0 saturated carbocycles. The van der Waals surface area contributed by atoms with E-state index in [0.717, 1.165) is 17.4 Å². The van der Waals surface area contributed by atoms with Crippen LogP contribution in [0.4, 0.5) is 5.69 Å². The lowest BCUT2D eigenvalue weighted by Crippen LogP contribution is -2.18. The zero-order valence-electron chi connectivity index (χ0n) is 10.5. The number of hydrogen-bond donors (Lipinski definition) is 3. The Kier molecular flexibility index (Phi) is 5.51. The third-order valence-corrected chi connectivity index (χ3v) is 3.12. The van der Waals surface area contributed by atoms with E-state index in [9.17, 15) is 4.79 Å². The van der Waals surface area contributed by atoms with Gasteiger partial charge in [0.1, 0.15) is 0 Å². The third kappa shape index (κ3) is 4.67. The first-order valence-corrected chi connectivity index (χ1v) is 6.57. The summed E-state index contributed by atoms with van der Waals surface area (Å²) in [6.45, 7) is 4.21. The van der Waals surface area contributed by atoms with Crippen molar-refractivity contribution < 1.29 is 4.79 Å². The minimum absolute atomic E-state index is 0.132. The van der Waals surface area contributed by atoms with Gasteiger partial charge in [0.05, 0.1) is 5.75 Å².